The topological polar surface area (TPSA) is 79.4 Å². The van der Waals surface area contributed by atoms with Crippen LogP contribution >= 0.6 is 11.3 Å². The van der Waals surface area contributed by atoms with Crippen LogP contribution in [0.3, 0.4) is 0 Å². The molecule has 0 radical (unpaired) electrons. The highest BCUT2D eigenvalue weighted by molar-refractivity contribution is 7.90. The number of thiazole rings is 1. The number of para-hydroxylation sites is 1. The van der Waals surface area contributed by atoms with Gasteiger partial charge in [-0.25, -0.2) is 13.4 Å². The van der Waals surface area contributed by atoms with Gasteiger partial charge in [0.2, 0.25) is 5.91 Å². The number of aromatic nitrogens is 1. The molecule has 0 fully saturated rings. The second-order valence-electron chi connectivity index (χ2n) is 7.02. The quantitative estimate of drug-likeness (QED) is 0.670. The number of hydrogen-bond donors (Lipinski definition) is 1. The molecule has 150 valence electrons. The highest BCUT2D eigenvalue weighted by atomic mass is 32.2. The molecule has 1 N–H and O–H groups in total. The van der Waals surface area contributed by atoms with E-state index in [9.17, 15) is 13.2 Å². The fourth-order valence-electron chi connectivity index (χ4n) is 3.40. The minimum Gasteiger partial charge on any atom is -0.332 e. The number of aryl methyl sites for hydroxylation is 1. The van der Waals surface area contributed by atoms with Gasteiger partial charge in [-0.05, 0) is 48.7 Å². The molecule has 1 amide bonds. The van der Waals surface area contributed by atoms with Crippen molar-refractivity contribution in [3.63, 3.8) is 0 Å². The zero-order valence-electron chi connectivity index (χ0n) is 16.0. The zero-order valence-corrected chi connectivity index (χ0v) is 17.6. The molecular weight excluding hydrogens is 406 g/mol. The molecule has 1 aliphatic heterocycles. The molecular formula is C21H21N3O3S2. The van der Waals surface area contributed by atoms with Crippen LogP contribution < -0.4 is 10.2 Å². The van der Waals surface area contributed by atoms with Gasteiger partial charge >= 0.3 is 0 Å². The first-order valence-corrected chi connectivity index (χ1v) is 12.1. The molecule has 1 aromatic heterocycles. The van der Waals surface area contributed by atoms with E-state index in [2.05, 4.69) is 16.4 Å². The molecule has 0 unspecified atom stereocenters. The number of sulfone groups is 1. The lowest BCUT2D eigenvalue weighted by Gasteiger charge is -2.29. The number of nitrogens with zero attached hydrogens (tertiary/aromatic N) is 2. The smallest absolute Gasteiger partial charge is 0.233 e. The second-order valence-corrected chi connectivity index (χ2v) is 9.89. The van der Waals surface area contributed by atoms with E-state index in [1.165, 1.54) is 23.2 Å². The molecule has 2 aromatic carbocycles. The van der Waals surface area contributed by atoms with Gasteiger partial charge in [0, 0.05) is 29.6 Å². The lowest BCUT2D eigenvalue weighted by Crippen LogP contribution is -2.36. The third-order valence-electron chi connectivity index (χ3n) is 4.83. The molecule has 2 heterocycles. The van der Waals surface area contributed by atoms with Gasteiger partial charge < -0.3 is 10.2 Å². The van der Waals surface area contributed by atoms with Crippen molar-refractivity contribution in [3.05, 3.63) is 65.2 Å². The summed E-state index contributed by atoms with van der Waals surface area (Å²) in [6, 6.07) is 14.6. The fraction of sp³-hybridized carbons (Fsp3) is 0.238. The van der Waals surface area contributed by atoms with Crippen molar-refractivity contribution < 1.29 is 13.2 Å². The van der Waals surface area contributed by atoms with Crippen LogP contribution in [0, 0.1) is 0 Å². The number of benzene rings is 2. The molecule has 0 saturated carbocycles. The third-order valence-corrected chi connectivity index (χ3v) is 6.76. The number of carbonyl (C=O) groups excluding carboxylic acids is 1. The SMILES string of the molecule is CS(=O)(=O)c1ccc(Nc2nc(CC(=O)N3CCCc4ccccc43)cs2)cc1. The normalized spacial score (nSPS) is 13.8. The van der Waals surface area contributed by atoms with Crippen LogP contribution in [0.2, 0.25) is 0 Å². The van der Waals surface area contributed by atoms with Gasteiger partial charge in [0.25, 0.3) is 0 Å². The molecule has 1 aliphatic rings. The molecule has 0 saturated heterocycles. The Morgan fingerprint density at radius 2 is 1.93 bits per heavy atom. The lowest BCUT2D eigenvalue weighted by atomic mass is 10.0. The van der Waals surface area contributed by atoms with Crippen LogP contribution in [-0.2, 0) is 27.5 Å². The first-order valence-electron chi connectivity index (χ1n) is 9.30. The van der Waals surface area contributed by atoms with E-state index >= 15 is 0 Å². The molecule has 0 aliphatic carbocycles. The van der Waals surface area contributed by atoms with Gasteiger partial charge in [-0.1, -0.05) is 18.2 Å². The molecule has 29 heavy (non-hydrogen) atoms. The van der Waals surface area contributed by atoms with Crippen LogP contribution in [-0.4, -0.2) is 32.1 Å². The Morgan fingerprint density at radius 3 is 2.69 bits per heavy atom. The van der Waals surface area contributed by atoms with Gasteiger partial charge in [-0.3, -0.25) is 4.79 Å². The molecule has 3 aromatic rings. The third kappa shape index (κ3) is 4.49. The minimum atomic E-state index is -3.22. The van der Waals surface area contributed by atoms with Crippen LogP contribution in [0.25, 0.3) is 0 Å². The zero-order chi connectivity index (χ0) is 20.4. The largest absolute Gasteiger partial charge is 0.332 e. The minimum absolute atomic E-state index is 0.0477. The summed E-state index contributed by atoms with van der Waals surface area (Å²) in [6.45, 7) is 0.734. The molecule has 4 rings (SSSR count). The van der Waals surface area contributed by atoms with Gasteiger partial charge in [0.05, 0.1) is 17.0 Å². The summed E-state index contributed by atoms with van der Waals surface area (Å²) in [6.07, 6.45) is 3.40. The van der Waals surface area contributed by atoms with Crippen molar-refractivity contribution in [2.24, 2.45) is 0 Å². The van der Waals surface area contributed by atoms with Gasteiger partial charge in [0.15, 0.2) is 15.0 Å². The molecule has 0 spiro atoms. The highest BCUT2D eigenvalue weighted by Gasteiger charge is 2.22. The maximum absolute atomic E-state index is 12.8. The van der Waals surface area contributed by atoms with Gasteiger partial charge in [0.1, 0.15) is 0 Å². The van der Waals surface area contributed by atoms with Crippen LogP contribution in [0.5, 0.6) is 0 Å². The Balaban J connectivity index is 1.43. The number of amides is 1. The van der Waals surface area contributed by atoms with Crippen LogP contribution in [0.15, 0.2) is 58.8 Å². The summed E-state index contributed by atoms with van der Waals surface area (Å²) in [5.74, 6) is 0.0477. The maximum atomic E-state index is 12.8. The average molecular weight is 428 g/mol. The molecule has 0 atom stereocenters. The van der Waals surface area contributed by atoms with Crippen LogP contribution in [0.1, 0.15) is 17.7 Å². The predicted octanol–water partition coefficient (Wildman–Crippen LogP) is 3.81. The first-order chi connectivity index (χ1) is 13.9. The number of anilines is 3. The molecule has 6 nitrogen and oxygen atoms in total. The van der Waals surface area contributed by atoms with Crippen molar-refractivity contribution in [1.82, 2.24) is 4.98 Å². The number of rotatable bonds is 5. The summed E-state index contributed by atoms with van der Waals surface area (Å²) in [5.41, 5.74) is 3.68. The van der Waals surface area contributed by atoms with E-state index in [-0.39, 0.29) is 17.2 Å². The Labute approximate surface area is 174 Å². The van der Waals surface area contributed by atoms with Crippen molar-refractivity contribution in [2.75, 3.05) is 23.0 Å². The summed E-state index contributed by atoms with van der Waals surface area (Å²) in [5, 5.41) is 5.70. The van der Waals surface area contributed by atoms with Crippen molar-refractivity contribution in [1.29, 1.82) is 0 Å². The number of fused-ring (bicyclic) bond motifs is 1. The fourth-order valence-corrected chi connectivity index (χ4v) is 4.76. The summed E-state index contributed by atoms with van der Waals surface area (Å²) >= 11 is 1.42. The second kappa shape index (κ2) is 7.96. The van der Waals surface area contributed by atoms with Gasteiger partial charge in [-0.15, -0.1) is 11.3 Å². The van der Waals surface area contributed by atoms with E-state index in [4.69, 9.17) is 0 Å². The highest BCUT2D eigenvalue weighted by Crippen LogP contribution is 2.28. The maximum Gasteiger partial charge on any atom is 0.233 e. The Hall–Kier alpha value is -2.71. The number of nitrogens with one attached hydrogen (secondary N) is 1. The number of hydrogen-bond acceptors (Lipinski definition) is 6. The van der Waals surface area contributed by atoms with E-state index < -0.39 is 9.84 Å². The van der Waals surface area contributed by atoms with E-state index in [0.717, 1.165) is 36.5 Å². The van der Waals surface area contributed by atoms with E-state index in [0.29, 0.717) is 5.13 Å². The lowest BCUT2D eigenvalue weighted by molar-refractivity contribution is -0.118. The summed E-state index contributed by atoms with van der Waals surface area (Å²) < 4.78 is 23.1. The molecule has 0 bridgehead atoms. The average Bonchev–Trinajstić information content (AvgIpc) is 3.14. The first kappa shape index (κ1) is 19.6. The monoisotopic (exact) mass is 427 g/mol. The summed E-state index contributed by atoms with van der Waals surface area (Å²) in [7, 11) is -3.22. The van der Waals surface area contributed by atoms with Gasteiger partial charge in [-0.2, -0.15) is 0 Å². The van der Waals surface area contributed by atoms with Crippen molar-refractivity contribution in [2.45, 2.75) is 24.2 Å². The standard InChI is InChI=1S/C21H21N3O3S2/c1-29(26,27)18-10-8-16(9-11-18)22-21-23-17(14-28-21)13-20(25)24-12-4-6-15-5-2-3-7-19(15)24/h2-3,5,7-11,14H,4,6,12-13H2,1H3,(H,22,23). The van der Waals surface area contributed by atoms with E-state index in [1.807, 2.05) is 28.5 Å². The van der Waals surface area contributed by atoms with Crippen molar-refractivity contribution >= 4 is 43.6 Å². The number of carbonyl (C=O) groups is 1. The van der Waals surface area contributed by atoms with E-state index in [1.54, 1.807) is 24.3 Å². The predicted molar refractivity (Wildman–Crippen MR) is 116 cm³/mol. The Bertz CT molecular complexity index is 1140. The molecule has 8 heteroatoms. The summed E-state index contributed by atoms with van der Waals surface area (Å²) in [4.78, 5) is 19.5. The van der Waals surface area contributed by atoms with Crippen molar-refractivity contribution in [3.8, 4) is 0 Å². The Kier molecular flexibility index (Phi) is 5.38. The Morgan fingerprint density at radius 1 is 1.17 bits per heavy atom. The van der Waals surface area contributed by atoms with Crippen LogP contribution in [0.4, 0.5) is 16.5 Å².